The van der Waals surface area contributed by atoms with E-state index in [1.54, 1.807) is 19.1 Å². The third-order valence-corrected chi connectivity index (χ3v) is 9.12. The fourth-order valence-electron chi connectivity index (χ4n) is 5.16. The number of ketones is 1. The van der Waals surface area contributed by atoms with Gasteiger partial charge in [-0.15, -0.1) is 5.10 Å². The Kier molecular flexibility index (Phi) is 9.11. The highest BCUT2D eigenvalue weighted by Gasteiger charge is 2.38. The number of aromatic nitrogens is 3. The molecule has 0 unspecified atom stereocenters. The molecule has 1 aliphatic carbocycles. The number of hydrogen-bond acceptors (Lipinski definition) is 4. The molecule has 1 saturated carbocycles. The second-order valence-electron chi connectivity index (χ2n) is 11.9. The van der Waals surface area contributed by atoms with Crippen molar-refractivity contribution in [1.82, 2.24) is 14.8 Å². The maximum atomic E-state index is 13.6. The second-order valence-corrected chi connectivity index (χ2v) is 17.5. The average molecular weight is 558 g/mol. The number of ether oxygens (including phenoxy) is 1. The highest BCUT2D eigenvalue weighted by molar-refractivity contribution is 6.76. The zero-order chi connectivity index (χ0) is 28.2. The lowest BCUT2D eigenvalue weighted by molar-refractivity contribution is -0.150. The van der Waals surface area contributed by atoms with Crippen molar-refractivity contribution in [3.63, 3.8) is 0 Å². The largest absolute Gasteiger partial charge is 0.451 e. The maximum absolute atomic E-state index is 13.6. The van der Waals surface area contributed by atoms with Gasteiger partial charge < -0.3 is 9.53 Å². The summed E-state index contributed by atoms with van der Waals surface area (Å²) in [6.07, 6.45) is 0.475. The molecule has 1 aromatic heterocycles. The molecule has 1 fully saturated rings. The molecule has 0 aliphatic heterocycles. The molecule has 9 heteroatoms. The molecule has 0 atom stereocenters. The molecule has 0 bridgehead atoms. The number of carbonyl (C=O) groups excluding carboxylic acids is 1. The minimum atomic E-state index is -4.62. The summed E-state index contributed by atoms with van der Waals surface area (Å²) in [5.41, 5.74) is 3.85. The molecule has 0 radical (unpaired) electrons. The van der Waals surface area contributed by atoms with Crippen LogP contribution in [0.5, 0.6) is 0 Å². The topological polar surface area (TPSA) is 57.0 Å². The lowest BCUT2D eigenvalue weighted by atomic mass is 9.77. The molecule has 210 valence electrons. The summed E-state index contributed by atoms with van der Waals surface area (Å²) < 4.78 is 47.2. The first kappa shape index (κ1) is 29.2. The summed E-state index contributed by atoms with van der Waals surface area (Å²) in [5, 5.41) is 4.12. The van der Waals surface area contributed by atoms with Crippen LogP contribution in [0, 0.1) is 5.92 Å². The minimum absolute atomic E-state index is 0.0263. The van der Waals surface area contributed by atoms with Gasteiger partial charge in [-0.3, -0.25) is 0 Å². The predicted molar refractivity (Wildman–Crippen MR) is 150 cm³/mol. The summed E-state index contributed by atoms with van der Waals surface area (Å²) in [6.45, 7) is 8.35. The van der Waals surface area contributed by atoms with Crippen LogP contribution >= 0.6 is 0 Å². The number of hydrogen-bond donors (Lipinski definition) is 0. The summed E-state index contributed by atoms with van der Waals surface area (Å²) in [4.78, 5) is 15.2. The van der Waals surface area contributed by atoms with Gasteiger partial charge in [0.25, 0.3) is 0 Å². The Morgan fingerprint density at radius 2 is 1.51 bits per heavy atom. The first-order valence-corrected chi connectivity index (χ1v) is 17.4. The Hall–Kier alpha value is -2.78. The average Bonchev–Trinajstić information content (AvgIpc) is 3.32. The zero-order valence-corrected chi connectivity index (χ0v) is 24.2. The number of rotatable bonds is 10. The highest BCUT2D eigenvalue weighted by Crippen LogP contribution is 2.38. The Bertz CT molecular complexity index is 1240. The molecular weight excluding hydrogens is 519 g/mol. The summed E-state index contributed by atoms with van der Waals surface area (Å²) >= 11 is 0. The molecule has 0 spiro atoms. The van der Waals surface area contributed by atoms with Gasteiger partial charge in [-0.2, -0.15) is 13.2 Å². The van der Waals surface area contributed by atoms with Gasteiger partial charge in [0.2, 0.25) is 5.82 Å². The van der Waals surface area contributed by atoms with E-state index in [2.05, 4.69) is 54.0 Å². The lowest BCUT2D eigenvalue weighted by Gasteiger charge is -2.28. The number of Topliss-reactive ketones (excluding diaryl/α,β-unsaturated/α-hetero) is 1. The van der Waals surface area contributed by atoms with E-state index in [9.17, 15) is 18.0 Å². The summed E-state index contributed by atoms with van der Waals surface area (Å²) in [5.74, 6) is 0.291. The van der Waals surface area contributed by atoms with Gasteiger partial charge in [0.1, 0.15) is 12.5 Å². The van der Waals surface area contributed by atoms with Gasteiger partial charge in [-0.1, -0.05) is 68.2 Å². The van der Waals surface area contributed by atoms with Gasteiger partial charge in [-0.25, -0.2) is 9.67 Å². The van der Waals surface area contributed by atoms with Gasteiger partial charge in [0.15, 0.2) is 5.82 Å². The Morgan fingerprint density at radius 3 is 2.05 bits per heavy atom. The SMILES string of the molecule is CC(=O)CC1CCC(c2ccc(-c3ccc(-c4nc(C(F)(F)F)n(COCC[Si](C)(C)C)n4)cc3)cc2)CC1. The van der Waals surface area contributed by atoms with Crippen LogP contribution in [0.25, 0.3) is 22.5 Å². The summed E-state index contributed by atoms with van der Waals surface area (Å²) in [6, 6.07) is 16.7. The van der Waals surface area contributed by atoms with Crippen molar-refractivity contribution in [3.05, 3.63) is 59.9 Å². The quantitative estimate of drug-likeness (QED) is 0.186. The molecule has 2 aromatic carbocycles. The van der Waals surface area contributed by atoms with Crippen LogP contribution in [0.2, 0.25) is 25.7 Å². The lowest BCUT2D eigenvalue weighted by Crippen LogP contribution is -2.23. The van der Waals surface area contributed by atoms with Crippen LogP contribution in [0.4, 0.5) is 13.2 Å². The fraction of sp³-hybridized carbons (Fsp3) is 0.500. The number of carbonyl (C=O) groups is 1. The van der Waals surface area contributed by atoms with Crippen molar-refractivity contribution in [2.24, 2.45) is 5.92 Å². The Balaban J connectivity index is 1.42. The second kappa shape index (κ2) is 12.2. The normalized spacial score (nSPS) is 18.3. The minimum Gasteiger partial charge on any atom is -0.359 e. The predicted octanol–water partition coefficient (Wildman–Crippen LogP) is 8.20. The monoisotopic (exact) mass is 557 g/mol. The van der Waals surface area contributed by atoms with Crippen LogP contribution in [-0.2, 0) is 22.4 Å². The Morgan fingerprint density at radius 1 is 0.949 bits per heavy atom. The van der Waals surface area contributed by atoms with E-state index in [4.69, 9.17) is 4.74 Å². The van der Waals surface area contributed by atoms with E-state index in [0.29, 0.717) is 30.4 Å². The molecule has 5 nitrogen and oxygen atoms in total. The number of benzene rings is 2. The van der Waals surface area contributed by atoms with Crippen molar-refractivity contribution in [2.45, 2.75) is 83.5 Å². The Labute approximate surface area is 229 Å². The molecule has 0 saturated heterocycles. The number of halogens is 3. The van der Waals surface area contributed by atoms with Gasteiger partial charge in [0, 0.05) is 26.7 Å². The van der Waals surface area contributed by atoms with E-state index in [1.165, 1.54) is 5.56 Å². The van der Waals surface area contributed by atoms with E-state index >= 15 is 0 Å². The smallest absolute Gasteiger partial charge is 0.359 e. The number of alkyl halides is 3. The number of nitrogens with zero attached hydrogens (tertiary/aromatic N) is 3. The summed E-state index contributed by atoms with van der Waals surface area (Å²) in [7, 11) is -1.35. The van der Waals surface area contributed by atoms with Crippen molar-refractivity contribution in [3.8, 4) is 22.5 Å². The highest BCUT2D eigenvalue weighted by atomic mass is 28.3. The van der Waals surface area contributed by atoms with Crippen LogP contribution in [0.1, 0.15) is 56.3 Å². The van der Waals surface area contributed by atoms with E-state index in [0.717, 1.165) is 47.5 Å². The fourth-order valence-corrected chi connectivity index (χ4v) is 5.92. The molecule has 1 aliphatic rings. The molecule has 4 rings (SSSR count). The van der Waals surface area contributed by atoms with Crippen LogP contribution < -0.4 is 0 Å². The van der Waals surface area contributed by atoms with E-state index in [-0.39, 0.29) is 18.3 Å². The molecule has 0 N–H and O–H groups in total. The van der Waals surface area contributed by atoms with Crippen LogP contribution in [-0.4, -0.2) is 35.2 Å². The van der Waals surface area contributed by atoms with Crippen LogP contribution in [0.15, 0.2) is 48.5 Å². The molecule has 0 amide bonds. The zero-order valence-electron chi connectivity index (χ0n) is 23.2. The first-order chi connectivity index (χ1) is 18.4. The van der Waals surface area contributed by atoms with Crippen LogP contribution in [0.3, 0.4) is 0 Å². The third kappa shape index (κ3) is 8.11. The van der Waals surface area contributed by atoms with Crippen molar-refractivity contribution < 1.29 is 22.7 Å². The molecule has 3 aromatic rings. The molecular formula is C30H38F3N3O2Si. The first-order valence-electron chi connectivity index (χ1n) is 13.7. The van der Waals surface area contributed by atoms with Gasteiger partial charge >= 0.3 is 6.18 Å². The third-order valence-electron chi connectivity index (χ3n) is 7.42. The van der Waals surface area contributed by atoms with E-state index in [1.807, 2.05) is 12.1 Å². The van der Waals surface area contributed by atoms with Gasteiger partial charge in [0.05, 0.1) is 0 Å². The maximum Gasteiger partial charge on any atom is 0.451 e. The van der Waals surface area contributed by atoms with Crippen molar-refractivity contribution in [1.29, 1.82) is 0 Å². The van der Waals surface area contributed by atoms with E-state index < -0.39 is 20.1 Å². The molecule has 39 heavy (non-hydrogen) atoms. The standard InChI is InChI=1S/C30H38F3N3O2Si/c1-21(37)19-22-5-7-23(8-6-22)24-9-11-25(12-10-24)26-13-15-27(16-14-26)28-34-29(30(31,32)33)36(35-28)20-38-17-18-39(2,3)4/h9-16,22-23H,5-8,17-20H2,1-4H3. The van der Waals surface area contributed by atoms with Gasteiger partial charge in [-0.05, 0) is 67.2 Å². The van der Waals surface area contributed by atoms with Crippen molar-refractivity contribution in [2.75, 3.05) is 6.61 Å². The molecule has 1 heterocycles. The van der Waals surface area contributed by atoms with Crippen molar-refractivity contribution >= 4 is 13.9 Å².